The van der Waals surface area contributed by atoms with Crippen molar-refractivity contribution in [3.8, 4) is 0 Å². The standard InChI is InChI=1S/C12H23N3S/c1-16-12-8-13-7-11(12)15-6-5-14-4-2-3-10(14)9-15/h10-13H,2-9H2,1H3. The molecular formula is C12H23N3S. The van der Waals surface area contributed by atoms with Gasteiger partial charge in [-0.2, -0.15) is 11.8 Å². The molecule has 3 heterocycles. The molecular weight excluding hydrogens is 218 g/mol. The number of nitrogens with zero attached hydrogens (tertiary/aromatic N) is 2. The fourth-order valence-electron chi connectivity index (χ4n) is 3.56. The largest absolute Gasteiger partial charge is 0.314 e. The second-order valence-corrected chi connectivity index (χ2v) is 6.40. The van der Waals surface area contributed by atoms with E-state index in [1.807, 2.05) is 11.8 Å². The quantitative estimate of drug-likeness (QED) is 0.757. The maximum absolute atomic E-state index is 3.55. The van der Waals surface area contributed by atoms with Gasteiger partial charge in [-0.25, -0.2) is 0 Å². The Hall–Kier alpha value is 0.230. The summed E-state index contributed by atoms with van der Waals surface area (Å²) in [5.74, 6) is 0. The molecule has 16 heavy (non-hydrogen) atoms. The van der Waals surface area contributed by atoms with E-state index in [9.17, 15) is 0 Å². The van der Waals surface area contributed by atoms with Gasteiger partial charge >= 0.3 is 0 Å². The van der Waals surface area contributed by atoms with Gasteiger partial charge in [0.2, 0.25) is 0 Å². The van der Waals surface area contributed by atoms with Gasteiger partial charge in [-0.05, 0) is 25.6 Å². The average Bonchev–Trinajstić information content (AvgIpc) is 2.96. The Balaban J connectivity index is 1.62. The third-order valence-electron chi connectivity index (χ3n) is 4.52. The lowest BCUT2D eigenvalue weighted by Crippen LogP contribution is -2.55. The molecule has 1 N–H and O–H groups in total. The van der Waals surface area contributed by atoms with Gasteiger partial charge in [-0.1, -0.05) is 0 Å². The zero-order chi connectivity index (χ0) is 11.0. The Morgan fingerprint density at radius 3 is 2.88 bits per heavy atom. The molecule has 4 heteroatoms. The number of nitrogens with one attached hydrogen (secondary N) is 1. The Morgan fingerprint density at radius 2 is 2.00 bits per heavy atom. The highest BCUT2D eigenvalue weighted by atomic mass is 32.2. The minimum absolute atomic E-state index is 0.790. The molecule has 3 aliphatic rings. The van der Waals surface area contributed by atoms with Gasteiger partial charge in [0.05, 0.1) is 0 Å². The smallest absolute Gasteiger partial charge is 0.0352 e. The summed E-state index contributed by atoms with van der Waals surface area (Å²) >= 11 is 2.04. The third-order valence-corrected chi connectivity index (χ3v) is 5.61. The Bertz CT molecular complexity index is 248. The van der Waals surface area contributed by atoms with E-state index in [0.717, 1.165) is 17.3 Å². The first kappa shape index (κ1) is 11.3. The first-order chi connectivity index (χ1) is 7.88. The first-order valence-corrected chi connectivity index (χ1v) is 7.89. The molecule has 3 aliphatic heterocycles. The summed E-state index contributed by atoms with van der Waals surface area (Å²) < 4.78 is 0. The number of hydrogen-bond acceptors (Lipinski definition) is 4. The van der Waals surface area contributed by atoms with Gasteiger partial charge in [0, 0.05) is 50.1 Å². The lowest BCUT2D eigenvalue weighted by molar-refractivity contribution is 0.0790. The summed E-state index contributed by atoms with van der Waals surface area (Å²) in [6.45, 7) is 7.69. The molecule has 3 unspecified atom stereocenters. The van der Waals surface area contributed by atoms with E-state index in [2.05, 4.69) is 21.4 Å². The molecule has 3 fully saturated rings. The monoisotopic (exact) mass is 241 g/mol. The van der Waals surface area contributed by atoms with Crippen molar-refractivity contribution in [2.24, 2.45) is 0 Å². The minimum Gasteiger partial charge on any atom is -0.314 e. The summed E-state index contributed by atoms with van der Waals surface area (Å²) in [5, 5.41) is 4.37. The number of hydrogen-bond donors (Lipinski definition) is 1. The first-order valence-electron chi connectivity index (χ1n) is 6.60. The molecule has 0 aromatic carbocycles. The zero-order valence-electron chi connectivity index (χ0n) is 10.2. The fraction of sp³-hybridized carbons (Fsp3) is 1.00. The number of fused-ring (bicyclic) bond motifs is 1. The van der Waals surface area contributed by atoms with Crippen molar-refractivity contribution >= 4 is 11.8 Å². The van der Waals surface area contributed by atoms with Crippen molar-refractivity contribution in [3.05, 3.63) is 0 Å². The molecule has 3 atom stereocenters. The number of rotatable bonds is 2. The van der Waals surface area contributed by atoms with Crippen molar-refractivity contribution in [2.75, 3.05) is 45.5 Å². The van der Waals surface area contributed by atoms with Gasteiger partial charge in [0.15, 0.2) is 0 Å². The topological polar surface area (TPSA) is 18.5 Å². The molecule has 0 aromatic heterocycles. The van der Waals surface area contributed by atoms with Crippen LogP contribution in [0, 0.1) is 0 Å². The molecule has 3 nitrogen and oxygen atoms in total. The minimum atomic E-state index is 0.790. The normalized spacial score (nSPS) is 41.4. The lowest BCUT2D eigenvalue weighted by atomic mass is 10.1. The molecule has 0 bridgehead atoms. The molecule has 0 aliphatic carbocycles. The van der Waals surface area contributed by atoms with Crippen LogP contribution in [0.25, 0.3) is 0 Å². The fourth-order valence-corrected chi connectivity index (χ4v) is 4.43. The second-order valence-electron chi connectivity index (χ2n) is 5.33. The summed E-state index contributed by atoms with van der Waals surface area (Å²) in [4.78, 5) is 5.46. The maximum atomic E-state index is 3.55. The third kappa shape index (κ3) is 2.01. The molecule has 0 spiro atoms. The Morgan fingerprint density at radius 1 is 1.12 bits per heavy atom. The van der Waals surface area contributed by atoms with Crippen LogP contribution in [0.15, 0.2) is 0 Å². The van der Waals surface area contributed by atoms with E-state index in [1.54, 1.807) is 0 Å². The van der Waals surface area contributed by atoms with Gasteiger partial charge in [0.25, 0.3) is 0 Å². The van der Waals surface area contributed by atoms with Gasteiger partial charge in [-0.3, -0.25) is 9.80 Å². The van der Waals surface area contributed by atoms with Crippen molar-refractivity contribution in [1.82, 2.24) is 15.1 Å². The summed E-state index contributed by atoms with van der Waals surface area (Å²) in [6.07, 6.45) is 5.12. The van der Waals surface area contributed by atoms with Crippen molar-refractivity contribution in [1.29, 1.82) is 0 Å². The second kappa shape index (κ2) is 4.84. The van der Waals surface area contributed by atoms with Crippen LogP contribution in [0.5, 0.6) is 0 Å². The SMILES string of the molecule is CSC1CNCC1N1CCN2CCCC2C1. The van der Waals surface area contributed by atoms with Crippen LogP contribution in [0.4, 0.5) is 0 Å². The molecule has 0 amide bonds. The van der Waals surface area contributed by atoms with Crippen LogP contribution in [0.1, 0.15) is 12.8 Å². The zero-order valence-corrected chi connectivity index (χ0v) is 11.0. The summed E-state index contributed by atoms with van der Waals surface area (Å²) in [7, 11) is 0. The molecule has 92 valence electrons. The molecule has 0 radical (unpaired) electrons. The van der Waals surface area contributed by atoms with Crippen LogP contribution in [0.3, 0.4) is 0 Å². The van der Waals surface area contributed by atoms with E-state index in [4.69, 9.17) is 0 Å². The highest BCUT2D eigenvalue weighted by Gasteiger charge is 2.37. The Labute approximate surface area is 103 Å². The highest BCUT2D eigenvalue weighted by Crippen LogP contribution is 2.26. The van der Waals surface area contributed by atoms with Crippen molar-refractivity contribution < 1.29 is 0 Å². The Kier molecular flexibility index (Phi) is 3.43. The lowest BCUT2D eigenvalue weighted by Gasteiger charge is -2.41. The molecule has 3 rings (SSSR count). The molecule has 0 aromatic rings. The summed E-state index contributed by atoms with van der Waals surface area (Å²) in [5.41, 5.74) is 0. The van der Waals surface area contributed by atoms with Crippen LogP contribution < -0.4 is 5.32 Å². The van der Waals surface area contributed by atoms with Gasteiger partial charge in [0.1, 0.15) is 0 Å². The molecule has 0 saturated carbocycles. The van der Waals surface area contributed by atoms with E-state index in [1.165, 1.54) is 52.1 Å². The van der Waals surface area contributed by atoms with E-state index in [-0.39, 0.29) is 0 Å². The predicted octanol–water partition coefficient (Wildman–Crippen LogP) is 0.470. The van der Waals surface area contributed by atoms with Crippen LogP contribution in [0.2, 0.25) is 0 Å². The number of thioether (sulfide) groups is 1. The summed E-state index contributed by atoms with van der Waals surface area (Å²) in [6, 6.07) is 1.66. The predicted molar refractivity (Wildman–Crippen MR) is 70.1 cm³/mol. The van der Waals surface area contributed by atoms with Gasteiger partial charge in [-0.15, -0.1) is 0 Å². The van der Waals surface area contributed by atoms with Crippen LogP contribution in [-0.2, 0) is 0 Å². The maximum Gasteiger partial charge on any atom is 0.0352 e. The molecule has 3 saturated heterocycles. The van der Waals surface area contributed by atoms with Crippen LogP contribution >= 0.6 is 11.8 Å². The van der Waals surface area contributed by atoms with E-state index < -0.39 is 0 Å². The average molecular weight is 241 g/mol. The number of piperazine rings is 1. The van der Waals surface area contributed by atoms with Crippen LogP contribution in [-0.4, -0.2) is 72.7 Å². The van der Waals surface area contributed by atoms with Gasteiger partial charge < -0.3 is 5.32 Å². The highest BCUT2D eigenvalue weighted by molar-refractivity contribution is 7.99. The van der Waals surface area contributed by atoms with E-state index in [0.29, 0.717) is 0 Å². The van der Waals surface area contributed by atoms with Crippen molar-refractivity contribution in [3.63, 3.8) is 0 Å². The van der Waals surface area contributed by atoms with E-state index >= 15 is 0 Å². The van der Waals surface area contributed by atoms with Crippen molar-refractivity contribution in [2.45, 2.75) is 30.2 Å².